The maximum atomic E-state index is 11.7. The van der Waals surface area contributed by atoms with Gasteiger partial charge in [-0.3, -0.25) is 14.4 Å². The highest BCUT2D eigenvalue weighted by Gasteiger charge is 2.10. The molecule has 1 heterocycles. The van der Waals surface area contributed by atoms with Crippen molar-refractivity contribution in [2.75, 3.05) is 11.9 Å². The largest absolute Gasteiger partial charge is 0.452 e. The molecule has 0 radical (unpaired) electrons. The summed E-state index contributed by atoms with van der Waals surface area (Å²) in [5, 5.41) is 2.50. The molecule has 0 aliphatic carbocycles. The van der Waals surface area contributed by atoms with E-state index in [-0.39, 0.29) is 11.1 Å². The van der Waals surface area contributed by atoms with Gasteiger partial charge in [0.2, 0.25) is 11.5 Å². The third-order valence-electron chi connectivity index (χ3n) is 2.81. The lowest BCUT2D eigenvalue weighted by Crippen LogP contribution is -2.21. The number of primary amides is 1. The molecule has 0 atom stereocenters. The minimum atomic E-state index is -0.736. The Labute approximate surface area is 130 Å². The molecule has 0 unspecified atom stereocenters. The number of nitrogens with one attached hydrogen (secondary N) is 2. The van der Waals surface area contributed by atoms with E-state index in [1.807, 2.05) is 0 Å². The van der Waals surface area contributed by atoms with Gasteiger partial charge in [-0.05, 0) is 30.3 Å². The zero-order valence-corrected chi connectivity index (χ0v) is 11.9. The predicted molar refractivity (Wildman–Crippen MR) is 80.9 cm³/mol. The number of benzene rings is 1. The number of amides is 2. The van der Waals surface area contributed by atoms with E-state index >= 15 is 0 Å². The molecule has 118 valence electrons. The Bertz CT molecular complexity index is 775. The summed E-state index contributed by atoms with van der Waals surface area (Å²) >= 11 is 0. The van der Waals surface area contributed by atoms with Gasteiger partial charge in [-0.25, -0.2) is 4.79 Å². The topological polar surface area (TPSA) is 131 Å². The van der Waals surface area contributed by atoms with E-state index in [2.05, 4.69) is 10.3 Å². The third kappa shape index (κ3) is 4.53. The zero-order valence-electron chi connectivity index (χ0n) is 11.9. The van der Waals surface area contributed by atoms with Crippen LogP contribution < -0.4 is 16.6 Å². The zero-order chi connectivity index (χ0) is 16.8. The van der Waals surface area contributed by atoms with Gasteiger partial charge in [0.05, 0.1) is 5.56 Å². The van der Waals surface area contributed by atoms with Crippen molar-refractivity contribution >= 4 is 23.5 Å². The van der Waals surface area contributed by atoms with E-state index in [1.54, 1.807) is 0 Å². The van der Waals surface area contributed by atoms with Crippen LogP contribution in [-0.2, 0) is 9.53 Å². The molecule has 4 N–H and O–H groups in total. The minimum absolute atomic E-state index is 0.128. The highest BCUT2D eigenvalue weighted by molar-refractivity contribution is 5.96. The summed E-state index contributed by atoms with van der Waals surface area (Å²) in [7, 11) is 0. The van der Waals surface area contributed by atoms with E-state index in [4.69, 9.17) is 10.5 Å². The summed E-state index contributed by atoms with van der Waals surface area (Å²) in [6.45, 7) is -0.491. The molecule has 0 fully saturated rings. The summed E-state index contributed by atoms with van der Waals surface area (Å²) in [5.41, 5.74) is 5.63. The SMILES string of the molecule is NC(=O)c1ccc(NC(=O)COC(=O)c2ccc(=O)[nH]c2)cc1. The van der Waals surface area contributed by atoms with Crippen LogP contribution in [0.3, 0.4) is 0 Å². The van der Waals surface area contributed by atoms with Crippen LogP contribution in [0.2, 0.25) is 0 Å². The van der Waals surface area contributed by atoms with Crippen molar-refractivity contribution in [3.63, 3.8) is 0 Å². The summed E-state index contributed by atoms with van der Waals surface area (Å²) in [4.78, 5) is 47.5. The Morgan fingerprint density at radius 3 is 2.26 bits per heavy atom. The van der Waals surface area contributed by atoms with Crippen molar-refractivity contribution in [3.8, 4) is 0 Å². The molecule has 0 aliphatic heterocycles. The van der Waals surface area contributed by atoms with Crippen LogP contribution in [0.4, 0.5) is 5.69 Å². The fourth-order valence-corrected chi connectivity index (χ4v) is 1.67. The van der Waals surface area contributed by atoms with Crippen LogP contribution in [0.15, 0.2) is 47.4 Å². The average Bonchev–Trinajstić information content (AvgIpc) is 2.54. The fourth-order valence-electron chi connectivity index (χ4n) is 1.67. The van der Waals surface area contributed by atoms with Crippen LogP contribution in [0.1, 0.15) is 20.7 Å². The first-order chi connectivity index (χ1) is 11.0. The molecule has 2 amide bonds. The van der Waals surface area contributed by atoms with Crippen molar-refractivity contribution in [1.29, 1.82) is 0 Å². The number of H-pyrrole nitrogens is 1. The summed E-state index contributed by atoms with van der Waals surface area (Å²) in [5.74, 6) is -1.85. The lowest BCUT2D eigenvalue weighted by atomic mass is 10.2. The molecule has 2 aromatic rings. The van der Waals surface area contributed by atoms with Crippen LogP contribution >= 0.6 is 0 Å². The number of carbonyl (C=O) groups excluding carboxylic acids is 3. The maximum Gasteiger partial charge on any atom is 0.340 e. The second kappa shape index (κ2) is 7.03. The Hall–Kier alpha value is -3.42. The van der Waals surface area contributed by atoms with Gasteiger partial charge in [0.1, 0.15) is 0 Å². The molecule has 0 saturated heterocycles. The molecule has 0 bridgehead atoms. The fraction of sp³-hybridized carbons (Fsp3) is 0.0667. The van der Waals surface area contributed by atoms with E-state index in [0.717, 1.165) is 0 Å². The van der Waals surface area contributed by atoms with Crippen molar-refractivity contribution in [1.82, 2.24) is 4.98 Å². The second-order valence-corrected chi connectivity index (χ2v) is 4.51. The molecule has 0 saturated carbocycles. The van der Waals surface area contributed by atoms with Crippen molar-refractivity contribution in [3.05, 3.63) is 64.1 Å². The quantitative estimate of drug-likeness (QED) is 0.681. The van der Waals surface area contributed by atoms with Crippen molar-refractivity contribution in [2.24, 2.45) is 5.73 Å². The van der Waals surface area contributed by atoms with Gasteiger partial charge in [-0.2, -0.15) is 0 Å². The molecule has 1 aromatic carbocycles. The number of hydrogen-bond acceptors (Lipinski definition) is 5. The molecule has 2 rings (SSSR count). The number of esters is 1. The van der Waals surface area contributed by atoms with E-state index in [1.165, 1.54) is 42.6 Å². The van der Waals surface area contributed by atoms with Gasteiger partial charge < -0.3 is 20.8 Å². The van der Waals surface area contributed by atoms with E-state index < -0.39 is 24.4 Å². The Balaban J connectivity index is 1.87. The van der Waals surface area contributed by atoms with Crippen LogP contribution in [-0.4, -0.2) is 29.4 Å². The van der Waals surface area contributed by atoms with Crippen LogP contribution in [0.5, 0.6) is 0 Å². The summed E-state index contributed by atoms with van der Waals surface area (Å²) < 4.78 is 4.82. The van der Waals surface area contributed by atoms with E-state index in [0.29, 0.717) is 11.3 Å². The number of nitrogens with two attached hydrogens (primary N) is 1. The van der Waals surface area contributed by atoms with Gasteiger partial charge >= 0.3 is 5.97 Å². The van der Waals surface area contributed by atoms with Gasteiger partial charge in [-0.1, -0.05) is 0 Å². The molecule has 0 spiro atoms. The standard InChI is InChI=1S/C15H13N3O5/c16-14(21)9-1-4-11(5-2-9)18-13(20)8-23-15(22)10-3-6-12(19)17-7-10/h1-7H,8H2,(H2,16,21)(H,17,19)(H,18,20). The number of anilines is 1. The van der Waals surface area contributed by atoms with E-state index in [9.17, 15) is 19.2 Å². The number of ether oxygens (including phenoxy) is 1. The normalized spacial score (nSPS) is 9.91. The summed E-state index contributed by atoms with van der Waals surface area (Å²) in [6, 6.07) is 8.40. The van der Waals surface area contributed by atoms with Gasteiger partial charge in [0, 0.05) is 23.5 Å². The number of rotatable bonds is 5. The smallest absolute Gasteiger partial charge is 0.340 e. The second-order valence-electron chi connectivity index (χ2n) is 4.51. The van der Waals surface area contributed by atoms with Crippen LogP contribution in [0, 0.1) is 0 Å². The lowest BCUT2D eigenvalue weighted by molar-refractivity contribution is -0.119. The molecule has 1 aromatic heterocycles. The number of carbonyl (C=O) groups is 3. The third-order valence-corrected chi connectivity index (χ3v) is 2.81. The van der Waals surface area contributed by atoms with Gasteiger partial charge in [-0.15, -0.1) is 0 Å². The monoisotopic (exact) mass is 315 g/mol. The number of aromatic amines is 1. The maximum absolute atomic E-state index is 11.7. The molecule has 23 heavy (non-hydrogen) atoms. The highest BCUT2D eigenvalue weighted by atomic mass is 16.5. The average molecular weight is 315 g/mol. The lowest BCUT2D eigenvalue weighted by Gasteiger charge is -2.07. The van der Waals surface area contributed by atoms with Crippen molar-refractivity contribution < 1.29 is 19.1 Å². The van der Waals surface area contributed by atoms with Crippen molar-refractivity contribution in [2.45, 2.75) is 0 Å². The molecular formula is C15H13N3O5. The van der Waals surface area contributed by atoms with Gasteiger partial charge in [0.15, 0.2) is 6.61 Å². The Morgan fingerprint density at radius 2 is 1.70 bits per heavy atom. The first kappa shape index (κ1) is 16.0. The predicted octanol–water partition coefficient (Wildman–Crippen LogP) is 0.269. The first-order valence-corrected chi connectivity index (χ1v) is 6.51. The summed E-state index contributed by atoms with van der Waals surface area (Å²) in [6.07, 6.45) is 1.20. The van der Waals surface area contributed by atoms with Gasteiger partial charge in [0.25, 0.3) is 5.91 Å². The molecule has 8 heteroatoms. The first-order valence-electron chi connectivity index (χ1n) is 6.51. The molecule has 8 nitrogen and oxygen atoms in total. The molecule has 0 aliphatic rings. The Morgan fingerprint density at radius 1 is 1.04 bits per heavy atom. The Kier molecular flexibility index (Phi) is 4.88. The number of hydrogen-bond donors (Lipinski definition) is 3. The minimum Gasteiger partial charge on any atom is -0.452 e. The molecular weight excluding hydrogens is 302 g/mol. The highest BCUT2D eigenvalue weighted by Crippen LogP contribution is 2.09. The van der Waals surface area contributed by atoms with Crippen LogP contribution in [0.25, 0.3) is 0 Å². The number of pyridine rings is 1. The number of aromatic nitrogens is 1.